The van der Waals surface area contributed by atoms with Crippen LogP contribution in [-0.2, 0) is 10.0 Å². The number of anilines is 2. The first-order valence-corrected chi connectivity index (χ1v) is 12.8. The van der Waals surface area contributed by atoms with Crippen molar-refractivity contribution in [2.24, 2.45) is 0 Å². The molecule has 2 aromatic carbocycles. The summed E-state index contributed by atoms with van der Waals surface area (Å²) in [5.41, 5.74) is 6.29. The quantitative estimate of drug-likeness (QED) is 0.472. The van der Waals surface area contributed by atoms with E-state index in [2.05, 4.69) is 10.3 Å². The molecule has 0 amide bonds. The molecule has 0 aliphatic carbocycles. The van der Waals surface area contributed by atoms with Gasteiger partial charge < -0.3 is 11.1 Å². The zero-order chi connectivity index (χ0) is 22.9. The third-order valence-corrected chi connectivity index (χ3v) is 8.66. The van der Waals surface area contributed by atoms with Gasteiger partial charge in [0.1, 0.15) is 10.7 Å². The van der Waals surface area contributed by atoms with Crippen LogP contribution in [0.5, 0.6) is 0 Å². The van der Waals surface area contributed by atoms with Crippen molar-refractivity contribution in [3.63, 3.8) is 0 Å². The van der Waals surface area contributed by atoms with Crippen LogP contribution < -0.4 is 11.1 Å². The molecule has 3 N–H and O–H groups in total. The molecule has 1 aromatic heterocycles. The number of carbonyl (C=O) groups excluding carboxylic acids is 1. The van der Waals surface area contributed by atoms with E-state index >= 15 is 0 Å². The lowest BCUT2D eigenvalue weighted by atomic mass is 10.1. The molecule has 1 saturated heterocycles. The maximum absolute atomic E-state index is 12.9. The topological polar surface area (TPSA) is 105 Å². The number of nitrogens with two attached hydrogens (primary N) is 1. The number of halogens is 2. The molecule has 1 aliphatic heterocycles. The lowest BCUT2D eigenvalue weighted by Crippen LogP contribution is -2.42. The first kappa shape index (κ1) is 23.0. The van der Waals surface area contributed by atoms with Gasteiger partial charge in [0, 0.05) is 29.7 Å². The van der Waals surface area contributed by atoms with E-state index in [1.165, 1.54) is 10.4 Å². The molecule has 11 heteroatoms. The fourth-order valence-electron chi connectivity index (χ4n) is 3.51. The highest BCUT2D eigenvalue weighted by Crippen LogP contribution is 2.32. The van der Waals surface area contributed by atoms with Crippen LogP contribution in [0.1, 0.15) is 28.1 Å². The van der Waals surface area contributed by atoms with E-state index in [4.69, 9.17) is 28.9 Å². The summed E-state index contributed by atoms with van der Waals surface area (Å²) in [4.78, 5) is 17.7. The highest BCUT2D eigenvalue weighted by atomic mass is 35.5. The van der Waals surface area contributed by atoms with Crippen molar-refractivity contribution in [1.29, 1.82) is 0 Å². The Labute approximate surface area is 200 Å². The summed E-state index contributed by atoms with van der Waals surface area (Å²) in [5, 5.41) is 4.48. The third-order valence-electron chi connectivity index (χ3n) is 5.20. The van der Waals surface area contributed by atoms with Crippen LogP contribution in [0, 0.1) is 0 Å². The van der Waals surface area contributed by atoms with Crippen molar-refractivity contribution in [3.8, 4) is 0 Å². The summed E-state index contributed by atoms with van der Waals surface area (Å²) in [5.74, 6) is -0.198. The largest absolute Gasteiger partial charge is 0.382 e. The smallest absolute Gasteiger partial charge is 0.243 e. The van der Waals surface area contributed by atoms with Gasteiger partial charge in [0.2, 0.25) is 15.8 Å². The summed E-state index contributed by atoms with van der Waals surface area (Å²) in [6.07, 6.45) is 1.22. The highest BCUT2D eigenvalue weighted by Gasteiger charge is 2.30. The van der Waals surface area contributed by atoms with E-state index in [1.54, 1.807) is 42.5 Å². The summed E-state index contributed by atoms with van der Waals surface area (Å²) in [6.45, 7) is 0.782. The molecule has 0 saturated carbocycles. The van der Waals surface area contributed by atoms with E-state index < -0.39 is 10.0 Å². The molecule has 2 heterocycles. The second-order valence-corrected chi connectivity index (χ2v) is 11.1. The number of nitrogens with one attached hydrogen (secondary N) is 1. The first-order chi connectivity index (χ1) is 15.3. The van der Waals surface area contributed by atoms with Crippen molar-refractivity contribution in [2.45, 2.75) is 23.8 Å². The van der Waals surface area contributed by atoms with Gasteiger partial charge in [-0.25, -0.2) is 13.4 Å². The van der Waals surface area contributed by atoms with Gasteiger partial charge in [-0.3, -0.25) is 4.79 Å². The number of rotatable bonds is 6. The Morgan fingerprint density at radius 3 is 2.47 bits per heavy atom. The average molecular weight is 511 g/mol. The van der Waals surface area contributed by atoms with Crippen molar-refractivity contribution in [3.05, 3.63) is 69.0 Å². The number of nitrogens with zero attached hydrogens (tertiary/aromatic N) is 2. The Morgan fingerprint density at radius 1 is 1.12 bits per heavy atom. The number of thiazole rings is 1. The van der Waals surface area contributed by atoms with Gasteiger partial charge in [0.15, 0.2) is 5.13 Å². The molecule has 3 aromatic rings. The zero-order valence-corrected chi connectivity index (χ0v) is 19.9. The maximum Gasteiger partial charge on any atom is 0.243 e. The van der Waals surface area contributed by atoms with E-state index in [0.29, 0.717) is 51.4 Å². The SMILES string of the molecule is Nc1nc(NC2CCN(S(=O)(=O)c3ccccc3)CC2)sc1C(=O)c1ccc(Cl)cc1Cl. The van der Waals surface area contributed by atoms with Gasteiger partial charge in [-0.2, -0.15) is 4.31 Å². The normalized spacial score (nSPS) is 15.6. The van der Waals surface area contributed by atoms with Crippen molar-refractivity contribution >= 4 is 61.3 Å². The molecule has 0 bridgehead atoms. The number of piperidine rings is 1. The van der Waals surface area contributed by atoms with Gasteiger partial charge in [0.05, 0.1) is 9.92 Å². The molecule has 0 atom stereocenters. The Kier molecular flexibility index (Phi) is 6.73. The number of nitrogen functional groups attached to an aromatic ring is 1. The fraction of sp³-hybridized carbons (Fsp3) is 0.238. The molecule has 4 rings (SSSR count). The number of benzene rings is 2. The van der Waals surface area contributed by atoms with Crippen molar-refractivity contribution < 1.29 is 13.2 Å². The Bertz CT molecular complexity index is 1240. The lowest BCUT2D eigenvalue weighted by molar-refractivity contribution is 0.104. The van der Waals surface area contributed by atoms with Crippen molar-refractivity contribution in [2.75, 3.05) is 24.1 Å². The summed E-state index contributed by atoms with van der Waals surface area (Å²) in [7, 11) is -3.50. The molecular formula is C21H20Cl2N4O3S2. The second kappa shape index (κ2) is 9.36. The molecule has 0 radical (unpaired) electrons. The Hall–Kier alpha value is -2.17. The Balaban J connectivity index is 1.42. The predicted molar refractivity (Wildman–Crippen MR) is 128 cm³/mol. The molecule has 168 valence electrons. The lowest BCUT2D eigenvalue weighted by Gasteiger charge is -2.31. The van der Waals surface area contributed by atoms with Crippen LogP contribution >= 0.6 is 34.5 Å². The fourth-order valence-corrected chi connectivity index (χ4v) is 6.41. The van der Waals surface area contributed by atoms with E-state index in [0.717, 1.165) is 11.3 Å². The standard InChI is InChI=1S/C21H20Cl2N4O3S2/c22-13-6-7-16(17(23)12-13)18(28)19-20(24)26-21(31-19)25-14-8-10-27(11-9-14)32(29,30)15-4-2-1-3-5-15/h1-7,12,14H,8-11,24H2,(H,25,26). The van der Waals surface area contributed by atoms with Gasteiger partial charge in [-0.1, -0.05) is 52.7 Å². The first-order valence-electron chi connectivity index (χ1n) is 9.83. The van der Waals surface area contributed by atoms with Crippen LogP contribution in [0.25, 0.3) is 0 Å². The Morgan fingerprint density at radius 2 is 1.81 bits per heavy atom. The number of hydrogen-bond donors (Lipinski definition) is 2. The summed E-state index contributed by atoms with van der Waals surface area (Å²) in [6, 6.07) is 13.1. The average Bonchev–Trinajstić information content (AvgIpc) is 3.14. The summed E-state index contributed by atoms with van der Waals surface area (Å²) >= 11 is 13.2. The van der Waals surface area contributed by atoms with Crippen LogP contribution in [0.2, 0.25) is 10.0 Å². The molecule has 32 heavy (non-hydrogen) atoms. The molecule has 1 aliphatic rings. The van der Waals surface area contributed by atoms with Crippen LogP contribution in [0.3, 0.4) is 0 Å². The number of ketones is 1. The second-order valence-electron chi connectivity index (χ2n) is 7.32. The highest BCUT2D eigenvalue weighted by molar-refractivity contribution is 7.89. The zero-order valence-electron chi connectivity index (χ0n) is 16.8. The molecule has 1 fully saturated rings. The molecule has 0 spiro atoms. The monoisotopic (exact) mass is 510 g/mol. The minimum atomic E-state index is -3.50. The number of sulfonamides is 1. The van der Waals surface area contributed by atoms with Crippen LogP contribution in [-0.4, -0.2) is 42.6 Å². The molecular weight excluding hydrogens is 491 g/mol. The van der Waals surface area contributed by atoms with E-state index in [1.807, 2.05) is 0 Å². The summed E-state index contributed by atoms with van der Waals surface area (Å²) < 4.78 is 27.1. The number of hydrogen-bond acceptors (Lipinski definition) is 7. The van der Waals surface area contributed by atoms with Gasteiger partial charge in [-0.05, 0) is 43.2 Å². The minimum absolute atomic E-state index is 0.0184. The maximum atomic E-state index is 12.9. The van der Waals surface area contributed by atoms with Gasteiger partial charge in [-0.15, -0.1) is 0 Å². The van der Waals surface area contributed by atoms with Crippen LogP contribution in [0.15, 0.2) is 53.4 Å². The van der Waals surface area contributed by atoms with Crippen LogP contribution in [0.4, 0.5) is 10.9 Å². The van der Waals surface area contributed by atoms with E-state index in [-0.39, 0.29) is 22.7 Å². The molecule has 7 nitrogen and oxygen atoms in total. The van der Waals surface area contributed by atoms with Crippen molar-refractivity contribution in [1.82, 2.24) is 9.29 Å². The number of aromatic nitrogens is 1. The minimum Gasteiger partial charge on any atom is -0.382 e. The molecule has 0 unspecified atom stereocenters. The predicted octanol–water partition coefficient (Wildman–Crippen LogP) is 4.53. The van der Waals surface area contributed by atoms with Gasteiger partial charge >= 0.3 is 0 Å². The van der Waals surface area contributed by atoms with Gasteiger partial charge in [0.25, 0.3) is 0 Å². The number of carbonyl (C=O) groups is 1. The van der Waals surface area contributed by atoms with E-state index in [9.17, 15) is 13.2 Å². The third kappa shape index (κ3) is 4.77.